The van der Waals surface area contributed by atoms with Crippen molar-refractivity contribution in [2.45, 2.75) is 58.4 Å². The summed E-state index contributed by atoms with van der Waals surface area (Å²) in [6.07, 6.45) is 6.93. The summed E-state index contributed by atoms with van der Waals surface area (Å²) < 4.78 is 0. The smallest absolute Gasteiger partial charge is 0.157 e. The lowest BCUT2D eigenvalue weighted by atomic mass is 9.76. The fourth-order valence-corrected chi connectivity index (χ4v) is 3.60. The molecule has 16 heavy (non-hydrogen) atoms. The average Bonchev–Trinajstić information content (AvgIpc) is 2.57. The lowest BCUT2D eigenvalue weighted by Crippen LogP contribution is -2.37. The van der Waals surface area contributed by atoms with E-state index in [1.54, 1.807) is 0 Å². The van der Waals surface area contributed by atoms with Gasteiger partial charge in [-0.25, -0.2) is 0 Å². The van der Waals surface area contributed by atoms with Crippen molar-refractivity contribution in [3.8, 4) is 0 Å². The normalized spacial score (nSPS) is 30.3. The van der Waals surface area contributed by atoms with Crippen LogP contribution in [0, 0.1) is 5.41 Å². The SMILES string of the molecule is CC1(CN=C2NC(C)(C)CS2)CCCCC1. The Morgan fingerprint density at radius 2 is 1.88 bits per heavy atom. The van der Waals surface area contributed by atoms with Gasteiger partial charge in [-0.1, -0.05) is 37.9 Å². The molecule has 1 saturated heterocycles. The van der Waals surface area contributed by atoms with E-state index in [4.69, 9.17) is 4.99 Å². The minimum atomic E-state index is 0.233. The van der Waals surface area contributed by atoms with Crippen molar-refractivity contribution in [3.05, 3.63) is 0 Å². The molecule has 0 aromatic rings. The van der Waals surface area contributed by atoms with Crippen LogP contribution >= 0.6 is 11.8 Å². The van der Waals surface area contributed by atoms with Crippen molar-refractivity contribution in [3.63, 3.8) is 0 Å². The minimum absolute atomic E-state index is 0.233. The summed E-state index contributed by atoms with van der Waals surface area (Å²) in [4.78, 5) is 4.78. The number of aliphatic imine (C=N–C) groups is 1. The number of thioether (sulfide) groups is 1. The van der Waals surface area contributed by atoms with Gasteiger partial charge in [0, 0.05) is 17.8 Å². The zero-order valence-corrected chi connectivity index (χ0v) is 11.6. The minimum Gasteiger partial charge on any atom is -0.359 e. The molecule has 1 aliphatic carbocycles. The Labute approximate surface area is 104 Å². The van der Waals surface area contributed by atoms with Crippen molar-refractivity contribution in [2.24, 2.45) is 10.4 Å². The molecule has 1 saturated carbocycles. The Kier molecular flexibility index (Phi) is 3.53. The molecule has 2 nitrogen and oxygen atoms in total. The van der Waals surface area contributed by atoms with Crippen LogP contribution in [-0.2, 0) is 0 Å². The standard InChI is InChI=1S/C13H24N2S/c1-12(2)10-16-11(15-12)14-9-13(3)7-5-4-6-8-13/h4-10H2,1-3H3,(H,14,15). The topological polar surface area (TPSA) is 24.4 Å². The van der Waals surface area contributed by atoms with E-state index in [0.29, 0.717) is 5.41 Å². The lowest BCUT2D eigenvalue weighted by molar-refractivity contribution is 0.227. The Morgan fingerprint density at radius 1 is 1.19 bits per heavy atom. The van der Waals surface area contributed by atoms with Crippen molar-refractivity contribution < 1.29 is 0 Å². The first-order valence-electron chi connectivity index (χ1n) is 6.45. The first-order chi connectivity index (χ1) is 7.49. The predicted octanol–water partition coefficient (Wildman–Crippen LogP) is 3.43. The number of nitrogens with one attached hydrogen (secondary N) is 1. The third kappa shape index (κ3) is 3.16. The Balaban J connectivity index is 1.88. The molecule has 1 aliphatic heterocycles. The monoisotopic (exact) mass is 240 g/mol. The van der Waals surface area contributed by atoms with Gasteiger partial charge in [0.05, 0.1) is 0 Å². The molecule has 1 N–H and O–H groups in total. The van der Waals surface area contributed by atoms with E-state index in [1.165, 1.54) is 32.1 Å². The van der Waals surface area contributed by atoms with Crippen molar-refractivity contribution in [1.82, 2.24) is 5.32 Å². The van der Waals surface area contributed by atoms with Crippen molar-refractivity contribution >= 4 is 16.9 Å². The molecule has 1 heterocycles. The van der Waals surface area contributed by atoms with E-state index >= 15 is 0 Å². The fraction of sp³-hybridized carbons (Fsp3) is 0.923. The molecule has 0 bridgehead atoms. The zero-order valence-electron chi connectivity index (χ0n) is 10.8. The fourth-order valence-electron chi connectivity index (χ4n) is 2.52. The van der Waals surface area contributed by atoms with Gasteiger partial charge in [0.15, 0.2) is 5.17 Å². The van der Waals surface area contributed by atoms with Crippen LogP contribution in [0.15, 0.2) is 4.99 Å². The van der Waals surface area contributed by atoms with Gasteiger partial charge in [-0.3, -0.25) is 4.99 Å². The summed E-state index contributed by atoms with van der Waals surface area (Å²) in [6.45, 7) is 7.90. The Hall–Kier alpha value is -0.180. The summed E-state index contributed by atoms with van der Waals surface area (Å²) in [5.41, 5.74) is 0.706. The number of rotatable bonds is 2. The summed E-state index contributed by atoms with van der Waals surface area (Å²) in [5, 5.41) is 4.66. The summed E-state index contributed by atoms with van der Waals surface area (Å²) in [6, 6.07) is 0. The number of hydrogen-bond acceptors (Lipinski definition) is 2. The van der Waals surface area contributed by atoms with Gasteiger partial charge >= 0.3 is 0 Å². The maximum atomic E-state index is 4.78. The molecule has 0 radical (unpaired) electrons. The van der Waals surface area contributed by atoms with Gasteiger partial charge in [0.1, 0.15) is 0 Å². The van der Waals surface area contributed by atoms with Crippen LogP contribution in [0.5, 0.6) is 0 Å². The molecule has 0 aromatic carbocycles. The van der Waals surface area contributed by atoms with Crippen LogP contribution in [0.1, 0.15) is 52.9 Å². The number of nitrogens with zero attached hydrogens (tertiary/aromatic N) is 1. The van der Waals surface area contributed by atoms with Crippen LogP contribution in [0.25, 0.3) is 0 Å². The Morgan fingerprint density at radius 3 is 2.44 bits per heavy atom. The van der Waals surface area contributed by atoms with Crippen LogP contribution in [0.3, 0.4) is 0 Å². The zero-order chi connectivity index (χ0) is 11.6. The molecule has 2 fully saturated rings. The summed E-state index contributed by atoms with van der Waals surface area (Å²) >= 11 is 1.88. The third-order valence-electron chi connectivity index (χ3n) is 3.68. The first kappa shape index (κ1) is 12.3. The predicted molar refractivity (Wildman–Crippen MR) is 73.2 cm³/mol. The largest absolute Gasteiger partial charge is 0.359 e. The molecule has 0 unspecified atom stereocenters. The van der Waals surface area contributed by atoms with Gasteiger partial charge < -0.3 is 5.32 Å². The number of hydrogen-bond donors (Lipinski definition) is 1. The highest BCUT2D eigenvalue weighted by Crippen LogP contribution is 2.36. The second kappa shape index (κ2) is 4.59. The van der Waals surface area contributed by atoms with Gasteiger partial charge in [-0.15, -0.1) is 0 Å². The molecule has 92 valence electrons. The van der Waals surface area contributed by atoms with Crippen LogP contribution < -0.4 is 5.32 Å². The van der Waals surface area contributed by atoms with E-state index in [-0.39, 0.29) is 5.54 Å². The van der Waals surface area contributed by atoms with Crippen LogP contribution in [0.4, 0.5) is 0 Å². The Bertz CT molecular complexity index is 278. The molecule has 2 aliphatic rings. The van der Waals surface area contributed by atoms with Crippen LogP contribution in [-0.4, -0.2) is 23.0 Å². The van der Waals surface area contributed by atoms with Gasteiger partial charge in [0.25, 0.3) is 0 Å². The van der Waals surface area contributed by atoms with E-state index in [9.17, 15) is 0 Å². The average molecular weight is 240 g/mol. The first-order valence-corrected chi connectivity index (χ1v) is 7.43. The highest BCUT2D eigenvalue weighted by molar-refractivity contribution is 8.14. The summed E-state index contributed by atoms with van der Waals surface area (Å²) in [7, 11) is 0. The quantitative estimate of drug-likeness (QED) is 0.799. The molecule has 0 amide bonds. The van der Waals surface area contributed by atoms with E-state index in [0.717, 1.165) is 17.5 Å². The maximum absolute atomic E-state index is 4.78. The second-order valence-corrected chi connectivity index (χ2v) is 7.25. The molecule has 0 spiro atoms. The molecular formula is C13H24N2S. The van der Waals surface area contributed by atoms with E-state index in [1.807, 2.05) is 11.8 Å². The second-order valence-electron chi connectivity index (χ2n) is 6.29. The molecule has 0 atom stereocenters. The van der Waals surface area contributed by atoms with Gasteiger partial charge in [-0.2, -0.15) is 0 Å². The third-order valence-corrected chi connectivity index (χ3v) is 5.05. The molecule has 3 heteroatoms. The maximum Gasteiger partial charge on any atom is 0.157 e. The molecule has 0 aromatic heterocycles. The van der Waals surface area contributed by atoms with Crippen molar-refractivity contribution in [1.29, 1.82) is 0 Å². The lowest BCUT2D eigenvalue weighted by Gasteiger charge is -2.32. The van der Waals surface area contributed by atoms with Gasteiger partial charge in [-0.05, 0) is 32.1 Å². The van der Waals surface area contributed by atoms with Crippen molar-refractivity contribution in [2.75, 3.05) is 12.3 Å². The molecular weight excluding hydrogens is 216 g/mol. The number of amidine groups is 1. The highest BCUT2D eigenvalue weighted by atomic mass is 32.2. The van der Waals surface area contributed by atoms with E-state index in [2.05, 4.69) is 26.1 Å². The molecule has 2 rings (SSSR count). The highest BCUT2D eigenvalue weighted by Gasteiger charge is 2.30. The van der Waals surface area contributed by atoms with Crippen LogP contribution in [0.2, 0.25) is 0 Å². The van der Waals surface area contributed by atoms with E-state index < -0.39 is 0 Å². The summed E-state index contributed by atoms with van der Waals surface area (Å²) in [5.74, 6) is 1.14. The van der Waals surface area contributed by atoms with Gasteiger partial charge in [0.2, 0.25) is 0 Å².